The Bertz CT molecular complexity index is 201. The summed E-state index contributed by atoms with van der Waals surface area (Å²) in [7, 11) is 0. The molecule has 1 rings (SSSR count). The maximum absolute atomic E-state index is 3.78. The van der Waals surface area contributed by atoms with E-state index in [4.69, 9.17) is 0 Å². The highest BCUT2D eigenvalue weighted by Gasteiger charge is 2.38. The van der Waals surface area contributed by atoms with E-state index < -0.39 is 0 Å². The van der Waals surface area contributed by atoms with Gasteiger partial charge < -0.3 is 5.32 Å². The van der Waals surface area contributed by atoms with Crippen LogP contribution >= 0.6 is 0 Å². The third kappa shape index (κ3) is 4.45. The number of rotatable bonds is 4. The van der Waals surface area contributed by atoms with E-state index in [1.54, 1.807) is 0 Å². The lowest BCUT2D eigenvalue weighted by Gasteiger charge is -2.45. The van der Waals surface area contributed by atoms with Gasteiger partial charge in [-0.15, -0.1) is 0 Å². The molecule has 1 nitrogen and oxygen atoms in total. The van der Waals surface area contributed by atoms with Crippen LogP contribution in [-0.2, 0) is 0 Å². The van der Waals surface area contributed by atoms with E-state index in [9.17, 15) is 0 Å². The molecule has 1 N–H and O–H groups in total. The van der Waals surface area contributed by atoms with Gasteiger partial charge in [0.15, 0.2) is 0 Å². The van der Waals surface area contributed by atoms with Gasteiger partial charge in [0.2, 0.25) is 0 Å². The van der Waals surface area contributed by atoms with Gasteiger partial charge in [-0.2, -0.15) is 0 Å². The highest BCUT2D eigenvalue weighted by molar-refractivity contribution is 4.92. The fourth-order valence-electron chi connectivity index (χ4n) is 3.50. The molecule has 96 valence electrons. The van der Waals surface area contributed by atoms with Crippen molar-refractivity contribution in [2.45, 2.75) is 73.3 Å². The summed E-state index contributed by atoms with van der Waals surface area (Å²) in [5.74, 6) is 0.813. The predicted octanol–water partition coefficient (Wildman–Crippen LogP) is 4.23. The minimum atomic E-state index is 0.509. The van der Waals surface area contributed by atoms with Crippen LogP contribution in [-0.4, -0.2) is 12.6 Å². The molecule has 0 spiro atoms. The second kappa shape index (κ2) is 5.08. The molecule has 0 heterocycles. The van der Waals surface area contributed by atoms with Crippen LogP contribution in [0.15, 0.2) is 0 Å². The molecule has 1 heteroatoms. The predicted molar refractivity (Wildman–Crippen MR) is 72.7 cm³/mol. The summed E-state index contributed by atoms with van der Waals surface area (Å²) in [6.07, 6.45) is 5.33. The van der Waals surface area contributed by atoms with Gasteiger partial charge in [0.05, 0.1) is 0 Å². The molecule has 1 unspecified atom stereocenters. The molecule has 16 heavy (non-hydrogen) atoms. The van der Waals surface area contributed by atoms with Crippen LogP contribution in [0, 0.1) is 16.7 Å². The summed E-state index contributed by atoms with van der Waals surface area (Å²) < 4.78 is 0. The molecule has 0 bridgehead atoms. The van der Waals surface area contributed by atoms with Gasteiger partial charge in [0.1, 0.15) is 0 Å². The first kappa shape index (κ1) is 14.0. The standard InChI is InChI=1S/C15H31N/c1-7-12(2)10-16-13-8-14(3,4)11-15(5,6)9-13/h12-13,16H,7-11H2,1-6H3. The van der Waals surface area contributed by atoms with E-state index in [1.165, 1.54) is 32.2 Å². The minimum Gasteiger partial charge on any atom is -0.314 e. The van der Waals surface area contributed by atoms with Gasteiger partial charge in [0, 0.05) is 6.04 Å². The zero-order valence-electron chi connectivity index (χ0n) is 12.2. The Morgan fingerprint density at radius 3 is 2.06 bits per heavy atom. The lowest BCUT2D eigenvalue weighted by Crippen LogP contribution is -2.45. The van der Waals surface area contributed by atoms with Crippen LogP contribution in [0.1, 0.15) is 67.2 Å². The summed E-state index contributed by atoms with van der Waals surface area (Å²) in [4.78, 5) is 0. The molecule has 1 saturated carbocycles. The molecule has 0 aromatic rings. The summed E-state index contributed by atoms with van der Waals surface area (Å²) in [5.41, 5.74) is 1.02. The maximum atomic E-state index is 3.78. The topological polar surface area (TPSA) is 12.0 Å². The van der Waals surface area contributed by atoms with Crippen LogP contribution in [0.25, 0.3) is 0 Å². The van der Waals surface area contributed by atoms with Crippen molar-refractivity contribution >= 4 is 0 Å². The van der Waals surface area contributed by atoms with Gasteiger partial charge in [-0.3, -0.25) is 0 Å². The fraction of sp³-hybridized carbons (Fsp3) is 1.00. The van der Waals surface area contributed by atoms with Crippen molar-refractivity contribution in [3.05, 3.63) is 0 Å². The van der Waals surface area contributed by atoms with Crippen LogP contribution in [0.2, 0.25) is 0 Å². The van der Waals surface area contributed by atoms with Crippen molar-refractivity contribution in [1.82, 2.24) is 5.32 Å². The monoisotopic (exact) mass is 225 g/mol. The molecule has 0 saturated heterocycles. The van der Waals surface area contributed by atoms with E-state index >= 15 is 0 Å². The molecule has 1 atom stereocenters. The zero-order chi connectivity index (χ0) is 12.4. The average molecular weight is 225 g/mol. The van der Waals surface area contributed by atoms with Gasteiger partial charge in [0.25, 0.3) is 0 Å². The van der Waals surface area contributed by atoms with Crippen molar-refractivity contribution in [3.8, 4) is 0 Å². The highest BCUT2D eigenvalue weighted by atomic mass is 14.9. The lowest BCUT2D eigenvalue weighted by molar-refractivity contribution is 0.0836. The van der Waals surface area contributed by atoms with Crippen molar-refractivity contribution in [3.63, 3.8) is 0 Å². The normalized spacial score (nSPS) is 26.6. The van der Waals surface area contributed by atoms with Gasteiger partial charge in [-0.25, -0.2) is 0 Å². The van der Waals surface area contributed by atoms with Crippen molar-refractivity contribution in [1.29, 1.82) is 0 Å². The van der Waals surface area contributed by atoms with Gasteiger partial charge >= 0.3 is 0 Å². The summed E-state index contributed by atoms with van der Waals surface area (Å²) in [6.45, 7) is 15.5. The molecule has 0 aromatic carbocycles. The molecule has 1 aliphatic rings. The zero-order valence-corrected chi connectivity index (χ0v) is 12.2. The molecule has 0 radical (unpaired) electrons. The number of nitrogens with one attached hydrogen (secondary N) is 1. The fourth-order valence-corrected chi connectivity index (χ4v) is 3.50. The molecule has 0 aliphatic heterocycles. The van der Waals surface area contributed by atoms with Gasteiger partial charge in [-0.1, -0.05) is 48.0 Å². The highest BCUT2D eigenvalue weighted by Crippen LogP contribution is 2.45. The Labute approximate surface area is 102 Å². The molecule has 0 aromatic heterocycles. The van der Waals surface area contributed by atoms with E-state index in [0.29, 0.717) is 10.8 Å². The van der Waals surface area contributed by atoms with Crippen LogP contribution in [0.5, 0.6) is 0 Å². The van der Waals surface area contributed by atoms with Crippen LogP contribution < -0.4 is 5.32 Å². The van der Waals surface area contributed by atoms with Crippen molar-refractivity contribution in [2.75, 3.05) is 6.54 Å². The van der Waals surface area contributed by atoms with E-state index in [-0.39, 0.29) is 0 Å². The Morgan fingerprint density at radius 1 is 1.12 bits per heavy atom. The van der Waals surface area contributed by atoms with Gasteiger partial charge in [-0.05, 0) is 42.6 Å². The van der Waals surface area contributed by atoms with Crippen molar-refractivity contribution in [2.24, 2.45) is 16.7 Å². The first-order chi connectivity index (χ1) is 7.24. The number of hydrogen-bond donors (Lipinski definition) is 1. The SMILES string of the molecule is CCC(C)CNC1CC(C)(C)CC(C)(C)C1. The first-order valence-corrected chi connectivity index (χ1v) is 6.97. The minimum absolute atomic E-state index is 0.509. The summed E-state index contributed by atoms with van der Waals surface area (Å²) in [6, 6.07) is 0.729. The average Bonchev–Trinajstić information content (AvgIpc) is 2.09. The molecule has 1 fully saturated rings. The molecule has 1 aliphatic carbocycles. The quantitative estimate of drug-likeness (QED) is 0.755. The van der Waals surface area contributed by atoms with Crippen LogP contribution in [0.4, 0.5) is 0 Å². The first-order valence-electron chi connectivity index (χ1n) is 6.97. The second-order valence-electron chi connectivity index (χ2n) is 7.53. The Kier molecular flexibility index (Phi) is 4.45. The second-order valence-corrected chi connectivity index (χ2v) is 7.53. The summed E-state index contributed by atoms with van der Waals surface area (Å²) in [5, 5.41) is 3.78. The smallest absolute Gasteiger partial charge is 0.00773 e. The lowest BCUT2D eigenvalue weighted by atomic mass is 9.63. The maximum Gasteiger partial charge on any atom is 0.00773 e. The Hall–Kier alpha value is -0.0400. The van der Waals surface area contributed by atoms with E-state index in [2.05, 4.69) is 46.9 Å². The largest absolute Gasteiger partial charge is 0.314 e. The Morgan fingerprint density at radius 2 is 1.62 bits per heavy atom. The molecular formula is C15H31N. The number of hydrogen-bond acceptors (Lipinski definition) is 1. The molecular weight excluding hydrogens is 194 g/mol. The molecule has 0 amide bonds. The van der Waals surface area contributed by atoms with E-state index in [0.717, 1.165) is 12.0 Å². The van der Waals surface area contributed by atoms with Crippen molar-refractivity contribution < 1.29 is 0 Å². The third-order valence-corrected chi connectivity index (χ3v) is 4.01. The van der Waals surface area contributed by atoms with E-state index in [1.807, 2.05) is 0 Å². The third-order valence-electron chi connectivity index (χ3n) is 4.01. The summed E-state index contributed by atoms with van der Waals surface area (Å²) >= 11 is 0. The Balaban J connectivity index is 2.48. The van der Waals surface area contributed by atoms with Crippen LogP contribution in [0.3, 0.4) is 0 Å².